The number of aryl methyl sites for hydroxylation is 1. The lowest BCUT2D eigenvalue weighted by atomic mass is 9.97. The zero-order valence-electron chi connectivity index (χ0n) is 15.2. The molecule has 0 aromatic heterocycles. The Bertz CT molecular complexity index is 905. The summed E-state index contributed by atoms with van der Waals surface area (Å²) in [5.74, 6) is -0.221. The van der Waals surface area contributed by atoms with Crippen LogP contribution in [0.1, 0.15) is 24.0 Å². The summed E-state index contributed by atoms with van der Waals surface area (Å²) in [5, 5.41) is 2.91. The van der Waals surface area contributed by atoms with E-state index in [0.717, 1.165) is 21.3 Å². The number of piperidine rings is 1. The molecule has 1 heterocycles. The highest BCUT2D eigenvalue weighted by Crippen LogP contribution is 2.24. The van der Waals surface area contributed by atoms with Crippen LogP contribution in [0.25, 0.3) is 0 Å². The van der Waals surface area contributed by atoms with Crippen LogP contribution >= 0.6 is 15.9 Å². The summed E-state index contributed by atoms with van der Waals surface area (Å²) in [6, 6.07) is 15.0. The van der Waals surface area contributed by atoms with Gasteiger partial charge in [0.25, 0.3) is 0 Å². The Balaban J connectivity index is 1.56. The quantitative estimate of drug-likeness (QED) is 0.749. The Kier molecular flexibility index (Phi) is 6.34. The molecule has 0 radical (unpaired) electrons. The minimum absolute atomic E-state index is 0.00217. The summed E-state index contributed by atoms with van der Waals surface area (Å²) in [6.45, 7) is 2.73. The second-order valence-corrected chi connectivity index (χ2v) is 9.80. The fourth-order valence-corrected chi connectivity index (χ4v) is 5.16. The minimum atomic E-state index is -3.37. The van der Waals surface area contributed by atoms with Crippen LogP contribution in [0.3, 0.4) is 0 Å². The zero-order chi connectivity index (χ0) is 19.4. The van der Waals surface area contributed by atoms with Gasteiger partial charge in [0, 0.05) is 29.2 Å². The van der Waals surface area contributed by atoms with E-state index in [2.05, 4.69) is 21.2 Å². The summed E-state index contributed by atoms with van der Waals surface area (Å²) in [7, 11) is -3.37. The molecule has 0 saturated carbocycles. The van der Waals surface area contributed by atoms with E-state index in [-0.39, 0.29) is 17.6 Å². The molecule has 0 aliphatic carbocycles. The van der Waals surface area contributed by atoms with Crippen LogP contribution in [0, 0.1) is 12.8 Å². The molecule has 1 saturated heterocycles. The normalized spacial score (nSPS) is 16.2. The molecule has 0 bridgehead atoms. The van der Waals surface area contributed by atoms with Gasteiger partial charge < -0.3 is 5.32 Å². The number of amides is 1. The van der Waals surface area contributed by atoms with Crippen LogP contribution in [0.15, 0.2) is 53.0 Å². The van der Waals surface area contributed by atoms with Crippen molar-refractivity contribution in [2.75, 3.05) is 18.4 Å². The maximum absolute atomic E-state index is 12.7. The van der Waals surface area contributed by atoms with Crippen molar-refractivity contribution in [2.45, 2.75) is 25.5 Å². The van der Waals surface area contributed by atoms with Crippen LogP contribution in [0.4, 0.5) is 5.69 Å². The predicted molar refractivity (Wildman–Crippen MR) is 111 cm³/mol. The Hall–Kier alpha value is -1.70. The molecule has 3 rings (SSSR count). The number of sulfonamides is 1. The van der Waals surface area contributed by atoms with Gasteiger partial charge in [-0.15, -0.1) is 0 Å². The molecular weight excluding hydrogens is 428 g/mol. The molecule has 1 amide bonds. The lowest BCUT2D eigenvalue weighted by Crippen LogP contribution is -2.41. The van der Waals surface area contributed by atoms with Crippen molar-refractivity contribution in [1.29, 1.82) is 0 Å². The van der Waals surface area contributed by atoms with Crippen molar-refractivity contribution < 1.29 is 13.2 Å². The summed E-state index contributed by atoms with van der Waals surface area (Å²) in [6.07, 6.45) is 1.07. The number of hydrogen-bond acceptors (Lipinski definition) is 3. The molecule has 1 aliphatic heterocycles. The van der Waals surface area contributed by atoms with E-state index in [1.807, 2.05) is 55.5 Å². The van der Waals surface area contributed by atoms with Gasteiger partial charge >= 0.3 is 0 Å². The van der Waals surface area contributed by atoms with Gasteiger partial charge in [-0.1, -0.05) is 51.8 Å². The van der Waals surface area contributed by atoms with Crippen molar-refractivity contribution in [2.24, 2.45) is 5.92 Å². The monoisotopic (exact) mass is 450 g/mol. The first-order valence-corrected chi connectivity index (χ1v) is 11.3. The standard InChI is InChI=1S/C20H23BrN2O3S/c1-15-5-7-16(8-6-15)14-27(25,26)23-11-9-17(10-12-23)20(24)22-19-4-2-3-18(21)13-19/h2-8,13,17H,9-12,14H2,1H3,(H,22,24). The Labute approximate surface area is 169 Å². The third-order valence-electron chi connectivity index (χ3n) is 4.78. The van der Waals surface area contributed by atoms with Crippen LogP contribution in [0.5, 0.6) is 0 Å². The minimum Gasteiger partial charge on any atom is -0.326 e. The number of nitrogens with one attached hydrogen (secondary N) is 1. The van der Waals surface area contributed by atoms with E-state index in [1.54, 1.807) is 0 Å². The number of nitrogens with zero attached hydrogens (tertiary/aromatic N) is 1. The van der Waals surface area contributed by atoms with Gasteiger partial charge in [0.1, 0.15) is 0 Å². The summed E-state index contributed by atoms with van der Waals surface area (Å²) in [5.41, 5.74) is 2.63. The molecule has 144 valence electrons. The second-order valence-electron chi connectivity index (χ2n) is 6.91. The predicted octanol–water partition coefficient (Wildman–Crippen LogP) is 3.94. The first kappa shape index (κ1) is 20.0. The fraction of sp³-hybridized carbons (Fsp3) is 0.350. The van der Waals surface area contributed by atoms with Crippen molar-refractivity contribution >= 4 is 37.5 Å². The molecule has 1 N–H and O–H groups in total. The molecular formula is C20H23BrN2O3S. The van der Waals surface area contributed by atoms with Crippen molar-refractivity contribution in [3.8, 4) is 0 Å². The maximum atomic E-state index is 12.7. The molecule has 7 heteroatoms. The molecule has 5 nitrogen and oxygen atoms in total. The SMILES string of the molecule is Cc1ccc(CS(=O)(=O)N2CCC(C(=O)Nc3cccc(Br)c3)CC2)cc1. The number of benzene rings is 2. The van der Waals surface area contributed by atoms with Crippen molar-refractivity contribution in [3.05, 3.63) is 64.1 Å². The highest BCUT2D eigenvalue weighted by molar-refractivity contribution is 9.10. The number of hydrogen-bond donors (Lipinski definition) is 1. The van der Waals surface area contributed by atoms with E-state index in [4.69, 9.17) is 0 Å². The van der Waals surface area contributed by atoms with Gasteiger partial charge in [-0.05, 0) is 43.5 Å². The van der Waals surface area contributed by atoms with E-state index in [0.29, 0.717) is 25.9 Å². The summed E-state index contributed by atoms with van der Waals surface area (Å²) < 4.78 is 27.7. The number of carbonyl (C=O) groups is 1. The molecule has 0 unspecified atom stereocenters. The maximum Gasteiger partial charge on any atom is 0.227 e. The van der Waals surface area contributed by atoms with E-state index in [9.17, 15) is 13.2 Å². The highest BCUT2D eigenvalue weighted by atomic mass is 79.9. The van der Waals surface area contributed by atoms with Gasteiger partial charge in [-0.3, -0.25) is 4.79 Å². The van der Waals surface area contributed by atoms with Crippen molar-refractivity contribution in [1.82, 2.24) is 4.31 Å². The van der Waals surface area contributed by atoms with Crippen LogP contribution in [0.2, 0.25) is 0 Å². The largest absolute Gasteiger partial charge is 0.326 e. The Morgan fingerprint density at radius 3 is 2.44 bits per heavy atom. The first-order chi connectivity index (χ1) is 12.8. The molecule has 2 aromatic rings. The van der Waals surface area contributed by atoms with Gasteiger partial charge in [0.15, 0.2) is 0 Å². The first-order valence-electron chi connectivity index (χ1n) is 8.93. The topological polar surface area (TPSA) is 66.5 Å². The van der Waals surface area contributed by atoms with Crippen LogP contribution < -0.4 is 5.32 Å². The highest BCUT2D eigenvalue weighted by Gasteiger charge is 2.31. The van der Waals surface area contributed by atoms with Crippen LogP contribution in [-0.2, 0) is 20.6 Å². The second kappa shape index (κ2) is 8.54. The average Bonchev–Trinajstić information content (AvgIpc) is 2.63. The van der Waals surface area contributed by atoms with Gasteiger partial charge in [-0.2, -0.15) is 0 Å². The van der Waals surface area contributed by atoms with Gasteiger partial charge in [0.2, 0.25) is 15.9 Å². The molecule has 0 atom stereocenters. The summed E-state index contributed by atoms with van der Waals surface area (Å²) >= 11 is 3.38. The van der Waals surface area contributed by atoms with Crippen molar-refractivity contribution in [3.63, 3.8) is 0 Å². The smallest absolute Gasteiger partial charge is 0.227 e. The van der Waals surface area contributed by atoms with Crippen LogP contribution in [-0.4, -0.2) is 31.7 Å². The number of rotatable bonds is 5. The average molecular weight is 451 g/mol. The van der Waals surface area contributed by atoms with Gasteiger partial charge in [0.05, 0.1) is 5.75 Å². The summed E-state index contributed by atoms with van der Waals surface area (Å²) in [4.78, 5) is 12.5. The van der Waals surface area contributed by atoms with Gasteiger partial charge in [-0.25, -0.2) is 12.7 Å². The molecule has 0 spiro atoms. The van der Waals surface area contributed by atoms with E-state index in [1.165, 1.54) is 4.31 Å². The molecule has 2 aromatic carbocycles. The lowest BCUT2D eigenvalue weighted by Gasteiger charge is -2.30. The third kappa shape index (κ3) is 5.40. The fourth-order valence-electron chi connectivity index (χ4n) is 3.19. The number of halogens is 1. The third-order valence-corrected chi connectivity index (χ3v) is 7.12. The molecule has 27 heavy (non-hydrogen) atoms. The zero-order valence-corrected chi connectivity index (χ0v) is 17.6. The van der Waals surface area contributed by atoms with E-state index >= 15 is 0 Å². The number of anilines is 1. The Morgan fingerprint density at radius 1 is 1.15 bits per heavy atom. The van der Waals surface area contributed by atoms with E-state index < -0.39 is 10.0 Å². The number of carbonyl (C=O) groups excluding carboxylic acids is 1. The Morgan fingerprint density at radius 2 is 1.81 bits per heavy atom. The molecule has 1 aliphatic rings. The molecule has 1 fully saturated rings. The lowest BCUT2D eigenvalue weighted by molar-refractivity contribution is -0.120.